The second kappa shape index (κ2) is 5.37. The molecule has 94 valence electrons. The molecule has 0 heterocycles. The van der Waals surface area contributed by atoms with Gasteiger partial charge < -0.3 is 4.74 Å². The van der Waals surface area contributed by atoms with Crippen molar-refractivity contribution in [1.82, 2.24) is 0 Å². The molecule has 0 saturated carbocycles. The monoisotopic (exact) mass is 238 g/mol. The van der Waals surface area contributed by atoms with Crippen molar-refractivity contribution in [1.29, 1.82) is 0 Å². The number of hydrogen-bond acceptors (Lipinski definition) is 2. The molecule has 0 bridgehead atoms. The topological polar surface area (TPSA) is 26.3 Å². The fraction of sp³-hybridized carbons (Fsp3) is 0.727. The van der Waals surface area contributed by atoms with Crippen molar-refractivity contribution in [2.24, 2.45) is 11.3 Å². The predicted molar refractivity (Wildman–Crippen MR) is 54.8 cm³/mol. The number of halogens is 3. The summed E-state index contributed by atoms with van der Waals surface area (Å²) in [6, 6.07) is 0. The first-order chi connectivity index (χ1) is 7.21. The molecule has 2 nitrogen and oxygen atoms in total. The Morgan fingerprint density at radius 1 is 1.44 bits per heavy atom. The van der Waals surface area contributed by atoms with Crippen molar-refractivity contribution in [3.63, 3.8) is 0 Å². The van der Waals surface area contributed by atoms with E-state index in [-0.39, 0.29) is 6.61 Å². The zero-order valence-electron chi connectivity index (χ0n) is 9.89. The summed E-state index contributed by atoms with van der Waals surface area (Å²) >= 11 is 0. The molecule has 2 unspecified atom stereocenters. The molecule has 0 rings (SSSR count). The first-order valence-electron chi connectivity index (χ1n) is 5.08. The molecule has 0 radical (unpaired) electrons. The van der Waals surface area contributed by atoms with Crippen LogP contribution in [0.5, 0.6) is 0 Å². The first-order valence-corrected chi connectivity index (χ1v) is 5.08. The lowest BCUT2D eigenvalue weighted by molar-refractivity contribution is -0.238. The molecule has 0 aromatic carbocycles. The Kier molecular flexibility index (Phi) is 5.03. The minimum atomic E-state index is -4.63. The lowest BCUT2D eigenvalue weighted by Crippen LogP contribution is -2.47. The summed E-state index contributed by atoms with van der Waals surface area (Å²) in [5.41, 5.74) is -2.49. The summed E-state index contributed by atoms with van der Waals surface area (Å²) in [7, 11) is 0. The van der Waals surface area contributed by atoms with Crippen molar-refractivity contribution < 1.29 is 22.7 Å². The van der Waals surface area contributed by atoms with Gasteiger partial charge in [-0.3, -0.25) is 4.79 Å². The lowest BCUT2D eigenvalue weighted by Gasteiger charge is -2.33. The zero-order chi connectivity index (χ0) is 13.0. The molecule has 0 spiro atoms. The fourth-order valence-corrected chi connectivity index (χ4v) is 1.32. The van der Waals surface area contributed by atoms with Gasteiger partial charge in [0.15, 0.2) is 5.41 Å². The van der Waals surface area contributed by atoms with Gasteiger partial charge in [0.05, 0.1) is 6.61 Å². The fourth-order valence-electron chi connectivity index (χ4n) is 1.32. The summed E-state index contributed by atoms with van der Waals surface area (Å²) < 4.78 is 43.3. The summed E-state index contributed by atoms with van der Waals surface area (Å²) in [6.45, 7) is 5.25. The number of carbonyl (C=O) groups is 1. The van der Waals surface area contributed by atoms with E-state index in [0.29, 0.717) is 0 Å². The van der Waals surface area contributed by atoms with Crippen LogP contribution < -0.4 is 0 Å². The number of rotatable bonds is 4. The second-order valence-electron chi connectivity index (χ2n) is 3.74. The Morgan fingerprint density at radius 2 is 1.94 bits per heavy atom. The number of hydrogen-bond donors (Lipinski definition) is 0. The van der Waals surface area contributed by atoms with Crippen LogP contribution in [0.3, 0.4) is 0 Å². The number of ether oxygens (including phenoxy) is 1. The van der Waals surface area contributed by atoms with Gasteiger partial charge in [-0.05, 0) is 26.7 Å². The molecule has 0 aliphatic rings. The molecular weight excluding hydrogens is 221 g/mol. The van der Waals surface area contributed by atoms with Gasteiger partial charge in [0.2, 0.25) is 0 Å². The van der Waals surface area contributed by atoms with Crippen molar-refractivity contribution in [3.05, 3.63) is 12.2 Å². The van der Waals surface area contributed by atoms with E-state index in [4.69, 9.17) is 0 Å². The molecule has 0 aromatic heterocycles. The molecule has 5 heteroatoms. The molecule has 0 aliphatic carbocycles. The van der Waals surface area contributed by atoms with Gasteiger partial charge in [0.25, 0.3) is 0 Å². The van der Waals surface area contributed by atoms with Crippen LogP contribution in [0, 0.1) is 11.3 Å². The summed E-state index contributed by atoms with van der Waals surface area (Å²) in [4.78, 5) is 11.5. The maximum Gasteiger partial charge on any atom is 0.405 e. The Hall–Kier alpha value is -1.00. The van der Waals surface area contributed by atoms with Crippen molar-refractivity contribution in [3.8, 4) is 0 Å². The Bertz CT molecular complexity index is 271. The van der Waals surface area contributed by atoms with E-state index in [1.807, 2.05) is 0 Å². The number of carbonyl (C=O) groups excluding carboxylic acids is 1. The van der Waals surface area contributed by atoms with Crippen LogP contribution in [-0.4, -0.2) is 18.8 Å². The third kappa shape index (κ3) is 2.77. The molecule has 0 fully saturated rings. The van der Waals surface area contributed by atoms with Gasteiger partial charge in [-0.2, -0.15) is 13.2 Å². The summed E-state index contributed by atoms with van der Waals surface area (Å²) in [5, 5.41) is 0. The van der Waals surface area contributed by atoms with E-state index in [0.717, 1.165) is 6.92 Å². The van der Waals surface area contributed by atoms with Crippen LogP contribution in [0.2, 0.25) is 0 Å². The highest BCUT2D eigenvalue weighted by Crippen LogP contribution is 2.45. The summed E-state index contributed by atoms with van der Waals surface area (Å²) in [5.74, 6) is -2.19. The SMILES string of the molecule is C/C=C/C(C)C(C)(C(=O)OCC)C(F)(F)F. The van der Waals surface area contributed by atoms with Crippen LogP contribution in [0.1, 0.15) is 27.7 Å². The third-order valence-corrected chi connectivity index (χ3v) is 2.68. The Morgan fingerprint density at radius 3 is 2.25 bits per heavy atom. The van der Waals surface area contributed by atoms with E-state index < -0.39 is 23.5 Å². The van der Waals surface area contributed by atoms with Gasteiger partial charge >= 0.3 is 12.1 Å². The van der Waals surface area contributed by atoms with Crippen molar-refractivity contribution in [2.45, 2.75) is 33.9 Å². The first kappa shape index (κ1) is 15.0. The number of alkyl halides is 3. The maximum absolute atomic E-state index is 12.9. The van der Waals surface area contributed by atoms with Crippen LogP contribution in [0.4, 0.5) is 13.2 Å². The largest absolute Gasteiger partial charge is 0.465 e. The van der Waals surface area contributed by atoms with Gasteiger partial charge in [-0.1, -0.05) is 19.1 Å². The zero-order valence-corrected chi connectivity index (χ0v) is 9.89. The van der Waals surface area contributed by atoms with Gasteiger partial charge in [0.1, 0.15) is 0 Å². The highest BCUT2D eigenvalue weighted by atomic mass is 19.4. The Labute approximate surface area is 93.5 Å². The lowest BCUT2D eigenvalue weighted by atomic mass is 9.77. The van der Waals surface area contributed by atoms with E-state index in [2.05, 4.69) is 4.74 Å². The average molecular weight is 238 g/mol. The molecule has 0 saturated heterocycles. The molecule has 0 N–H and O–H groups in total. The standard InChI is InChI=1S/C11H17F3O2/c1-5-7-8(3)10(4,11(12,13)14)9(15)16-6-2/h5,7-8H,6H2,1-4H3/b7-5+. The molecule has 16 heavy (non-hydrogen) atoms. The van der Waals surface area contributed by atoms with Crippen LogP contribution in [-0.2, 0) is 9.53 Å². The quantitative estimate of drug-likeness (QED) is 0.554. The van der Waals surface area contributed by atoms with E-state index in [1.165, 1.54) is 26.0 Å². The molecule has 2 atom stereocenters. The molecule has 0 amide bonds. The minimum absolute atomic E-state index is 0.0624. The third-order valence-electron chi connectivity index (χ3n) is 2.68. The van der Waals surface area contributed by atoms with E-state index in [1.54, 1.807) is 6.92 Å². The van der Waals surface area contributed by atoms with E-state index >= 15 is 0 Å². The molecular formula is C11H17F3O2. The predicted octanol–water partition coefficient (Wildman–Crippen LogP) is 3.33. The van der Waals surface area contributed by atoms with Crippen LogP contribution in [0.25, 0.3) is 0 Å². The smallest absolute Gasteiger partial charge is 0.405 e. The van der Waals surface area contributed by atoms with Gasteiger partial charge in [0, 0.05) is 0 Å². The molecule has 0 aliphatic heterocycles. The highest BCUT2D eigenvalue weighted by molar-refractivity contribution is 5.78. The number of allylic oxidation sites excluding steroid dienone is 2. The minimum Gasteiger partial charge on any atom is -0.465 e. The normalized spacial score (nSPS) is 18.2. The maximum atomic E-state index is 12.9. The van der Waals surface area contributed by atoms with Crippen LogP contribution in [0.15, 0.2) is 12.2 Å². The highest BCUT2D eigenvalue weighted by Gasteiger charge is 2.60. The average Bonchev–Trinajstić information content (AvgIpc) is 2.15. The van der Waals surface area contributed by atoms with Crippen LogP contribution >= 0.6 is 0 Å². The Balaban J connectivity index is 5.27. The van der Waals surface area contributed by atoms with Gasteiger partial charge in [-0.15, -0.1) is 0 Å². The molecule has 0 aromatic rings. The van der Waals surface area contributed by atoms with E-state index in [9.17, 15) is 18.0 Å². The number of esters is 1. The summed E-state index contributed by atoms with van der Waals surface area (Å²) in [6.07, 6.45) is -1.78. The van der Waals surface area contributed by atoms with Crippen molar-refractivity contribution >= 4 is 5.97 Å². The van der Waals surface area contributed by atoms with Gasteiger partial charge in [-0.25, -0.2) is 0 Å². The van der Waals surface area contributed by atoms with Crippen molar-refractivity contribution in [2.75, 3.05) is 6.61 Å². The second-order valence-corrected chi connectivity index (χ2v) is 3.74.